The quantitative estimate of drug-likeness (QED) is 0.533. The molecule has 5 heteroatoms. The van der Waals surface area contributed by atoms with E-state index in [1.54, 1.807) is 0 Å². The lowest BCUT2D eigenvalue weighted by Gasteiger charge is -2.26. The van der Waals surface area contributed by atoms with E-state index >= 15 is 0 Å². The van der Waals surface area contributed by atoms with Crippen LogP contribution in [0.15, 0.2) is 30.3 Å². The molecule has 0 aliphatic carbocycles. The first-order valence-electron chi connectivity index (χ1n) is 6.56. The maximum absolute atomic E-state index is 12.3. The Hall–Kier alpha value is -1.33. The summed E-state index contributed by atoms with van der Waals surface area (Å²) in [7, 11) is 0. The third kappa shape index (κ3) is 4.08. The summed E-state index contributed by atoms with van der Waals surface area (Å²) < 4.78 is 0. The summed E-state index contributed by atoms with van der Waals surface area (Å²) in [5, 5.41) is 8.92. The summed E-state index contributed by atoms with van der Waals surface area (Å²) in [6.45, 7) is 3.68. The van der Waals surface area contributed by atoms with E-state index in [-0.39, 0.29) is 24.0 Å². The molecule has 110 valence electrons. The van der Waals surface area contributed by atoms with Crippen LogP contribution in [0.4, 0.5) is 0 Å². The Bertz CT molecular complexity index is 475. The molecule has 0 aliphatic rings. The van der Waals surface area contributed by atoms with E-state index in [9.17, 15) is 14.7 Å². The molecule has 0 aliphatic heterocycles. The summed E-state index contributed by atoms with van der Waals surface area (Å²) in [5.41, 5.74) is 4.88. The fraction of sp³-hybridized carbons (Fsp3) is 0.467. The topological polar surface area (TPSA) is 80.4 Å². The number of nitrogens with two attached hydrogens (primary N) is 1. The first-order valence-corrected chi connectivity index (χ1v) is 7.07. The summed E-state index contributed by atoms with van der Waals surface area (Å²) in [6.07, 6.45) is 0.124. The lowest BCUT2D eigenvalue weighted by molar-refractivity contribution is -0.149. The Labute approximate surface area is 124 Å². The molecule has 0 saturated heterocycles. The molecule has 0 amide bonds. The Kier molecular flexibility index (Phi) is 5.77. The minimum absolute atomic E-state index is 0.00262. The number of ketones is 1. The number of benzene rings is 1. The van der Waals surface area contributed by atoms with Crippen molar-refractivity contribution >= 4 is 24.4 Å². The normalized spacial score (nSPS) is 15.7. The standard InChI is InChI=1S/C15H21NO3S/c1-10(2)9-15(16,14(18)19)13(17)8-12(20)11-6-4-3-5-7-11/h3-7,10,12,20H,8-9,16H2,1-2H3,(H,18,19)/t12?,15-/m1/s1. The second kappa shape index (κ2) is 6.90. The average Bonchev–Trinajstić information content (AvgIpc) is 2.38. The summed E-state index contributed by atoms with van der Waals surface area (Å²) in [4.78, 5) is 23.6. The highest BCUT2D eigenvalue weighted by Gasteiger charge is 2.42. The van der Waals surface area contributed by atoms with Crippen molar-refractivity contribution in [2.45, 2.75) is 37.5 Å². The molecule has 1 unspecified atom stereocenters. The van der Waals surface area contributed by atoms with Crippen LogP contribution in [0.3, 0.4) is 0 Å². The highest BCUT2D eigenvalue weighted by molar-refractivity contribution is 7.80. The molecule has 3 N–H and O–H groups in total. The van der Waals surface area contributed by atoms with Crippen LogP contribution < -0.4 is 5.73 Å². The van der Waals surface area contributed by atoms with Crippen LogP contribution in [-0.2, 0) is 9.59 Å². The Morgan fingerprint density at radius 3 is 2.30 bits per heavy atom. The van der Waals surface area contributed by atoms with Crippen LogP contribution in [0.5, 0.6) is 0 Å². The lowest BCUT2D eigenvalue weighted by Crippen LogP contribution is -2.55. The van der Waals surface area contributed by atoms with Crippen molar-refractivity contribution in [1.82, 2.24) is 0 Å². The summed E-state index contributed by atoms with van der Waals surface area (Å²) in [5.74, 6) is -1.73. The fourth-order valence-corrected chi connectivity index (χ4v) is 2.45. The zero-order valence-corrected chi connectivity index (χ0v) is 12.6. The van der Waals surface area contributed by atoms with Gasteiger partial charge in [0.05, 0.1) is 0 Å². The number of aliphatic carboxylic acids is 1. The van der Waals surface area contributed by atoms with Gasteiger partial charge in [0.2, 0.25) is 0 Å². The van der Waals surface area contributed by atoms with Crippen molar-refractivity contribution < 1.29 is 14.7 Å². The summed E-state index contributed by atoms with van der Waals surface area (Å²) >= 11 is 4.38. The van der Waals surface area contributed by atoms with Crippen LogP contribution in [0, 0.1) is 5.92 Å². The molecule has 0 radical (unpaired) electrons. The van der Waals surface area contributed by atoms with Gasteiger partial charge in [0, 0.05) is 11.7 Å². The predicted molar refractivity (Wildman–Crippen MR) is 81.8 cm³/mol. The summed E-state index contributed by atoms with van der Waals surface area (Å²) in [6, 6.07) is 9.28. The zero-order chi connectivity index (χ0) is 15.3. The number of hydrogen-bond donors (Lipinski definition) is 3. The first-order chi connectivity index (χ1) is 9.27. The van der Waals surface area contributed by atoms with Crippen molar-refractivity contribution in [3.05, 3.63) is 35.9 Å². The van der Waals surface area contributed by atoms with Gasteiger partial charge < -0.3 is 10.8 Å². The van der Waals surface area contributed by atoms with Gasteiger partial charge in [-0.1, -0.05) is 44.2 Å². The third-order valence-corrected chi connectivity index (χ3v) is 3.65. The molecule has 1 rings (SSSR count). The van der Waals surface area contributed by atoms with E-state index in [2.05, 4.69) is 12.6 Å². The first kappa shape index (κ1) is 16.7. The second-order valence-electron chi connectivity index (χ2n) is 5.43. The van der Waals surface area contributed by atoms with Gasteiger partial charge in [-0.2, -0.15) is 12.6 Å². The van der Waals surface area contributed by atoms with Crippen LogP contribution in [-0.4, -0.2) is 22.4 Å². The number of rotatable bonds is 7. The fourth-order valence-electron chi connectivity index (χ4n) is 2.12. The molecule has 0 bridgehead atoms. The van der Waals surface area contributed by atoms with Gasteiger partial charge in [-0.3, -0.25) is 4.79 Å². The average molecular weight is 295 g/mol. The Balaban J connectivity index is 2.84. The van der Waals surface area contributed by atoms with Crippen molar-refractivity contribution in [1.29, 1.82) is 0 Å². The van der Waals surface area contributed by atoms with Crippen LogP contribution in [0.1, 0.15) is 37.5 Å². The SMILES string of the molecule is CC(C)C[C@](N)(C(=O)O)C(=O)CC(S)c1ccccc1. The smallest absolute Gasteiger partial charge is 0.331 e. The molecule has 0 aromatic heterocycles. The van der Waals surface area contributed by atoms with Gasteiger partial charge in [-0.15, -0.1) is 0 Å². The molecule has 0 fully saturated rings. The number of carboxylic acids is 1. The lowest BCUT2D eigenvalue weighted by atomic mass is 9.83. The predicted octanol–water partition coefficient (Wildman–Crippen LogP) is 2.44. The van der Waals surface area contributed by atoms with E-state index in [0.29, 0.717) is 0 Å². The largest absolute Gasteiger partial charge is 0.480 e. The van der Waals surface area contributed by atoms with Crippen molar-refractivity contribution in [2.24, 2.45) is 11.7 Å². The van der Waals surface area contributed by atoms with E-state index in [1.165, 1.54) is 0 Å². The molecule has 20 heavy (non-hydrogen) atoms. The highest BCUT2D eigenvalue weighted by Crippen LogP contribution is 2.27. The molecule has 2 atom stereocenters. The number of Topliss-reactive ketones (excluding diaryl/α,β-unsaturated/α-hetero) is 1. The molecule has 4 nitrogen and oxygen atoms in total. The molecule has 0 heterocycles. The number of carboxylic acid groups (broad SMARTS) is 1. The van der Waals surface area contributed by atoms with Gasteiger partial charge >= 0.3 is 5.97 Å². The third-order valence-electron chi connectivity index (χ3n) is 3.17. The highest BCUT2D eigenvalue weighted by atomic mass is 32.1. The Morgan fingerprint density at radius 2 is 1.85 bits per heavy atom. The number of thiol groups is 1. The van der Waals surface area contributed by atoms with Gasteiger partial charge in [0.25, 0.3) is 0 Å². The van der Waals surface area contributed by atoms with E-state index < -0.39 is 17.3 Å². The van der Waals surface area contributed by atoms with Gasteiger partial charge in [0.1, 0.15) is 0 Å². The van der Waals surface area contributed by atoms with E-state index in [0.717, 1.165) is 5.56 Å². The molecule has 1 aromatic carbocycles. The molecular formula is C15H21NO3S. The van der Waals surface area contributed by atoms with E-state index in [1.807, 2.05) is 44.2 Å². The second-order valence-corrected chi connectivity index (χ2v) is 6.05. The van der Waals surface area contributed by atoms with Crippen LogP contribution in [0.25, 0.3) is 0 Å². The maximum atomic E-state index is 12.3. The molecule has 0 saturated carbocycles. The van der Waals surface area contributed by atoms with Crippen molar-refractivity contribution in [2.75, 3.05) is 0 Å². The Morgan fingerprint density at radius 1 is 1.30 bits per heavy atom. The minimum Gasteiger partial charge on any atom is -0.480 e. The molecule has 1 aromatic rings. The van der Waals surface area contributed by atoms with E-state index in [4.69, 9.17) is 5.73 Å². The number of carbonyl (C=O) groups is 2. The zero-order valence-electron chi connectivity index (χ0n) is 11.7. The van der Waals surface area contributed by atoms with Crippen molar-refractivity contribution in [3.8, 4) is 0 Å². The van der Waals surface area contributed by atoms with Crippen LogP contribution in [0.2, 0.25) is 0 Å². The molecule has 0 spiro atoms. The van der Waals surface area contributed by atoms with Gasteiger partial charge in [-0.25, -0.2) is 4.79 Å². The maximum Gasteiger partial charge on any atom is 0.331 e. The van der Waals surface area contributed by atoms with Gasteiger partial charge in [-0.05, 0) is 17.9 Å². The van der Waals surface area contributed by atoms with Crippen molar-refractivity contribution in [3.63, 3.8) is 0 Å². The number of carbonyl (C=O) groups excluding carboxylic acids is 1. The van der Waals surface area contributed by atoms with Crippen LogP contribution >= 0.6 is 12.6 Å². The van der Waals surface area contributed by atoms with Gasteiger partial charge in [0.15, 0.2) is 11.3 Å². The molecular weight excluding hydrogens is 274 g/mol. The monoisotopic (exact) mass is 295 g/mol. The number of hydrogen-bond acceptors (Lipinski definition) is 4. The minimum atomic E-state index is -1.83.